The van der Waals surface area contributed by atoms with Gasteiger partial charge in [-0.15, -0.1) is 0 Å². The first-order valence-corrected chi connectivity index (χ1v) is 7.60. The first-order valence-electron chi connectivity index (χ1n) is 6.81. The Morgan fingerprint density at radius 3 is 2.90 bits per heavy atom. The molecule has 3 rings (SSSR count). The van der Waals surface area contributed by atoms with Crippen LogP contribution >= 0.6 is 15.9 Å². The van der Waals surface area contributed by atoms with Crippen LogP contribution in [0.5, 0.6) is 0 Å². The Balaban J connectivity index is 1.74. The monoisotopic (exact) mass is 337 g/mol. The van der Waals surface area contributed by atoms with E-state index in [1.54, 1.807) is 12.4 Å². The maximum absolute atomic E-state index is 5.21. The van der Waals surface area contributed by atoms with Crippen LogP contribution in [-0.4, -0.2) is 33.2 Å². The minimum Gasteiger partial charge on any atom is -0.340 e. The van der Waals surface area contributed by atoms with Crippen LogP contribution in [0.2, 0.25) is 0 Å². The summed E-state index contributed by atoms with van der Waals surface area (Å²) in [6.07, 6.45) is 6.49. The molecule has 2 aromatic heterocycles. The fraction of sp³-hybridized carbons (Fsp3) is 0.538. The number of aryl methyl sites for hydroxylation is 1. The fourth-order valence-corrected chi connectivity index (χ4v) is 2.62. The molecule has 0 amide bonds. The summed E-state index contributed by atoms with van der Waals surface area (Å²) in [4.78, 5) is 15.3. The van der Waals surface area contributed by atoms with Crippen molar-refractivity contribution < 1.29 is 4.52 Å². The summed E-state index contributed by atoms with van der Waals surface area (Å²) in [5.74, 6) is 2.57. The SMILES string of the molecule is CCc1nc([C@@H]2CCCN(c3ncc(Br)cn3)C2)no1. The molecular formula is C13H16BrN5O. The van der Waals surface area contributed by atoms with Gasteiger partial charge < -0.3 is 9.42 Å². The predicted octanol–water partition coefficient (Wildman–Crippen LogP) is 2.57. The van der Waals surface area contributed by atoms with Gasteiger partial charge in [0.1, 0.15) is 0 Å². The minimum atomic E-state index is 0.292. The van der Waals surface area contributed by atoms with E-state index < -0.39 is 0 Å². The standard InChI is InChI=1S/C13H16BrN5O/c1-2-11-17-12(18-20-11)9-4-3-5-19(8-9)13-15-6-10(14)7-16-13/h6-7,9H,2-5,8H2,1H3/t9-/m1/s1. The van der Waals surface area contributed by atoms with E-state index in [9.17, 15) is 0 Å². The molecule has 0 aliphatic carbocycles. The Morgan fingerprint density at radius 1 is 1.40 bits per heavy atom. The largest absolute Gasteiger partial charge is 0.340 e. The summed E-state index contributed by atoms with van der Waals surface area (Å²) in [7, 11) is 0. The zero-order chi connectivity index (χ0) is 13.9. The molecule has 6 nitrogen and oxygen atoms in total. The van der Waals surface area contributed by atoms with E-state index in [0.29, 0.717) is 11.8 Å². The molecule has 1 aliphatic heterocycles. The molecule has 2 aromatic rings. The Labute approximate surface area is 125 Å². The molecule has 0 radical (unpaired) electrons. The van der Waals surface area contributed by atoms with Crippen LogP contribution in [0.15, 0.2) is 21.4 Å². The Hall–Kier alpha value is -1.50. The van der Waals surface area contributed by atoms with Gasteiger partial charge >= 0.3 is 0 Å². The van der Waals surface area contributed by atoms with Gasteiger partial charge in [0.2, 0.25) is 11.8 Å². The Kier molecular flexibility index (Phi) is 3.95. The Bertz CT molecular complexity index is 570. The molecular weight excluding hydrogens is 322 g/mol. The summed E-state index contributed by atoms with van der Waals surface area (Å²) >= 11 is 3.35. The third-order valence-corrected chi connectivity index (χ3v) is 3.87. The van der Waals surface area contributed by atoms with Gasteiger partial charge in [0.05, 0.1) is 4.47 Å². The number of piperidine rings is 1. The third kappa shape index (κ3) is 2.82. The van der Waals surface area contributed by atoms with Gasteiger partial charge in [-0.2, -0.15) is 4.98 Å². The van der Waals surface area contributed by atoms with Crippen molar-refractivity contribution in [2.24, 2.45) is 0 Å². The van der Waals surface area contributed by atoms with Gasteiger partial charge in [-0.05, 0) is 28.8 Å². The van der Waals surface area contributed by atoms with Gasteiger partial charge in [-0.3, -0.25) is 0 Å². The second kappa shape index (κ2) is 5.87. The number of halogens is 1. The van der Waals surface area contributed by atoms with Crippen molar-refractivity contribution in [2.75, 3.05) is 18.0 Å². The zero-order valence-corrected chi connectivity index (χ0v) is 12.9. The summed E-state index contributed by atoms with van der Waals surface area (Å²) in [6, 6.07) is 0. The van der Waals surface area contributed by atoms with E-state index >= 15 is 0 Å². The van der Waals surface area contributed by atoms with E-state index in [1.165, 1.54) is 0 Å². The molecule has 1 atom stereocenters. The van der Waals surface area contributed by atoms with Crippen molar-refractivity contribution in [3.63, 3.8) is 0 Å². The smallest absolute Gasteiger partial charge is 0.226 e. The van der Waals surface area contributed by atoms with Crippen LogP contribution in [0.3, 0.4) is 0 Å². The van der Waals surface area contributed by atoms with E-state index in [1.807, 2.05) is 6.92 Å². The molecule has 0 aromatic carbocycles. The van der Waals surface area contributed by atoms with Gasteiger partial charge in [0.25, 0.3) is 0 Å². The van der Waals surface area contributed by atoms with Crippen LogP contribution in [0, 0.1) is 0 Å². The van der Waals surface area contributed by atoms with Gasteiger partial charge in [0.15, 0.2) is 5.82 Å². The van der Waals surface area contributed by atoms with Gasteiger partial charge in [0, 0.05) is 37.8 Å². The number of hydrogen-bond donors (Lipinski definition) is 0. The highest BCUT2D eigenvalue weighted by Gasteiger charge is 2.26. The predicted molar refractivity (Wildman–Crippen MR) is 77.6 cm³/mol. The second-order valence-electron chi connectivity index (χ2n) is 4.89. The molecule has 0 saturated carbocycles. The maximum Gasteiger partial charge on any atom is 0.226 e. The summed E-state index contributed by atoms with van der Waals surface area (Å²) in [6.45, 7) is 3.82. The third-order valence-electron chi connectivity index (χ3n) is 3.46. The number of nitrogens with zero attached hydrogens (tertiary/aromatic N) is 5. The zero-order valence-electron chi connectivity index (χ0n) is 11.3. The first-order chi connectivity index (χ1) is 9.76. The molecule has 7 heteroatoms. The van der Waals surface area contributed by atoms with Crippen LogP contribution in [0.1, 0.15) is 37.4 Å². The maximum atomic E-state index is 5.21. The van der Waals surface area contributed by atoms with Crippen LogP contribution in [0.4, 0.5) is 5.95 Å². The average Bonchev–Trinajstić information content (AvgIpc) is 2.97. The summed E-state index contributed by atoms with van der Waals surface area (Å²) in [5, 5.41) is 4.09. The lowest BCUT2D eigenvalue weighted by atomic mass is 9.98. The van der Waals surface area contributed by atoms with Gasteiger partial charge in [-0.1, -0.05) is 12.1 Å². The van der Waals surface area contributed by atoms with E-state index in [4.69, 9.17) is 4.52 Å². The van der Waals surface area contributed by atoms with Crippen LogP contribution < -0.4 is 4.90 Å². The van der Waals surface area contributed by atoms with Gasteiger partial charge in [-0.25, -0.2) is 9.97 Å². The van der Waals surface area contributed by atoms with Crippen molar-refractivity contribution >= 4 is 21.9 Å². The highest BCUT2D eigenvalue weighted by molar-refractivity contribution is 9.10. The Morgan fingerprint density at radius 2 is 2.20 bits per heavy atom. The number of anilines is 1. The lowest BCUT2D eigenvalue weighted by Gasteiger charge is -2.31. The highest BCUT2D eigenvalue weighted by Crippen LogP contribution is 2.27. The molecule has 1 saturated heterocycles. The molecule has 1 aliphatic rings. The summed E-state index contributed by atoms with van der Waals surface area (Å²) < 4.78 is 6.10. The number of rotatable bonds is 3. The molecule has 106 valence electrons. The van der Waals surface area contributed by atoms with E-state index in [-0.39, 0.29) is 0 Å². The molecule has 0 N–H and O–H groups in total. The number of aromatic nitrogens is 4. The lowest BCUT2D eigenvalue weighted by Crippen LogP contribution is -2.35. The summed E-state index contributed by atoms with van der Waals surface area (Å²) in [5.41, 5.74) is 0. The normalized spacial score (nSPS) is 19.3. The van der Waals surface area contributed by atoms with Crippen molar-refractivity contribution in [3.8, 4) is 0 Å². The van der Waals surface area contributed by atoms with Crippen molar-refractivity contribution in [1.29, 1.82) is 0 Å². The molecule has 0 spiro atoms. The molecule has 20 heavy (non-hydrogen) atoms. The number of hydrogen-bond acceptors (Lipinski definition) is 6. The van der Waals surface area contributed by atoms with Crippen LogP contribution in [0.25, 0.3) is 0 Å². The van der Waals surface area contributed by atoms with Crippen molar-refractivity contribution in [2.45, 2.75) is 32.1 Å². The van der Waals surface area contributed by atoms with E-state index in [2.05, 4.69) is 40.9 Å². The lowest BCUT2D eigenvalue weighted by molar-refractivity contribution is 0.367. The second-order valence-corrected chi connectivity index (χ2v) is 5.80. The topological polar surface area (TPSA) is 67.9 Å². The minimum absolute atomic E-state index is 0.292. The van der Waals surface area contributed by atoms with E-state index in [0.717, 1.165) is 48.6 Å². The quantitative estimate of drug-likeness (QED) is 0.857. The van der Waals surface area contributed by atoms with Crippen molar-refractivity contribution in [1.82, 2.24) is 20.1 Å². The molecule has 1 fully saturated rings. The van der Waals surface area contributed by atoms with Crippen LogP contribution in [-0.2, 0) is 6.42 Å². The molecule has 0 unspecified atom stereocenters. The van der Waals surface area contributed by atoms with Crippen molar-refractivity contribution in [3.05, 3.63) is 28.6 Å². The highest BCUT2D eigenvalue weighted by atomic mass is 79.9. The molecule has 3 heterocycles. The fourth-order valence-electron chi connectivity index (χ4n) is 2.42. The first kappa shape index (κ1) is 13.5. The average molecular weight is 338 g/mol. The molecule has 0 bridgehead atoms.